The predicted molar refractivity (Wildman–Crippen MR) is 84.5 cm³/mol. The predicted octanol–water partition coefficient (Wildman–Crippen LogP) is 1.94. The minimum Gasteiger partial charge on any atom is -0.495 e. The van der Waals surface area contributed by atoms with Crippen molar-refractivity contribution in [2.45, 2.75) is 19.9 Å². The zero-order valence-corrected chi connectivity index (χ0v) is 13.3. The molecule has 0 bridgehead atoms. The van der Waals surface area contributed by atoms with Crippen molar-refractivity contribution in [3.8, 4) is 0 Å². The van der Waals surface area contributed by atoms with Gasteiger partial charge in [-0.05, 0) is 31.5 Å². The van der Waals surface area contributed by atoms with Crippen LogP contribution in [0.15, 0.2) is 35.6 Å². The number of rotatable bonds is 4. The highest BCUT2D eigenvalue weighted by Gasteiger charge is 2.29. The average Bonchev–Trinajstić information content (AvgIpc) is 2.59. The van der Waals surface area contributed by atoms with Crippen molar-refractivity contribution in [3.63, 3.8) is 0 Å². The number of carbonyl (C=O) groups is 2. The van der Waals surface area contributed by atoms with Gasteiger partial charge in [0.05, 0.1) is 12.2 Å². The molecule has 2 N–H and O–H groups in total. The standard InChI is InChI=1S/C16H21N3O3/c1-5-22-14-10(2)15(20)18-16(21)17-13(14)11-6-8-12(9-7-11)19(3)4/h6-9,13H,5H2,1-4H3,(H2,17,18,20,21)/t13-/m0/s1. The zero-order chi connectivity index (χ0) is 16.3. The van der Waals surface area contributed by atoms with Crippen molar-refractivity contribution in [1.82, 2.24) is 10.6 Å². The fraction of sp³-hybridized carbons (Fsp3) is 0.375. The molecule has 0 unspecified atom stereocenters. The number of amides is 3. The van der Waals surface area contributed by atoms with Gasteiger partial charge in [0.25, 0.3) is 5.91 Å². The molecule has 22 heavy (non-hydrogen) atoms. The van der Waals surface area contributed by atoms with Gasteiger partial charge >= 0.3 is 6.03 Å². The van der Waals surface area contributed by atoms with Crippen molar-refractivity contribution in [3.05, 3.63) is 41.2 Å². The molecule has 1 heterocycles. The Morgan fingerprint density at radius 1 is 1.18 bits per heavy atom. The third-order valence-electron chi connectivity index (χ3n) is 3.52. The summed E-state index contributed by atoms with van der Waals surface area (Å²) in [5, 5.41) is 5.05. The lowest BCUT2D eigenvalue weighted by Gasteiger charge is -2.22. The first kappa shape index (κ1) is 15.9. The van der Waals surface area contributed by atoms with E-state index in [-0.39, 0.29) is 0 Å². The molecular formula is C16H21N3O3. The molecule has 1 aliphatic rings. The highest BCUT2D eigenvalue weighted by Crippen LogP contribution is 2.28. The smallest absolute Gasteiger partial charge is 0.322 e. The number of nitrogens with one attached hydrogen (secondary N) is 2. The Morgan fingerprint density at radius 3 is 2.36 bits per heavy atom. The van der Waals surface area contributed by atoms with E-state index in [1.54, 1.807) is 6.92 Å². The molecule has 1 aliphatic heterocycles. The maximum atomic E-state index is 11.9. The summed E-state index contributed by atoms with van der Waals surface area (Å²) >= 11 is 0. The molecule has 1 aromatic carbocycles. The summed E-state index contributed by atoms with van der Waals surface area (Å²) in [5.74, 6) is 0.0387. The molecule has 0 saturated heterocycles. The van der Waals surface area contributed by atoms with Crippen molar-refractivity contribution >= 4 is 17.6 Å². The Morgan fingerprint density at radius 2 is 1.82 bits per heavy atom. The van der Waals surface area contributed by atoms with Gasteiger partial charge in [0.1, 0.15) is 11.8 Å². The quantitative estimate of drug-likeness (QED) is 0.892. The molecule has 2 rings (SSSR count). The van der Waals surface area contributed by atoms with E-state index in [1.165, 1.54) is 0 Å². The van der Waals surface area contributed by atoms with Crippen LogP contribution >= 0.6 is 0 Å². The van der Waals surface area contributed by atoms with Crippen LogP contribution in [-0.4, -0.2) is 32.6 Å². The SMILES string of the molecule is CCOC1=C(C)C(=O)NC(=O)N[C@H]1c1ccc(N(C)C)cc1. The van der Waals surface area contributed by atoms with Gasteiger partial charge in [0.15, 0.2) is 0 Å². The molecule has 118 valence electrons. The largest absolute Gasteiger partial charge is 0.495 e. The zero-order valence-electron chi connectivity index (χ0n) is 13.3. The monoisotopic (exact) mass is 303 g/mol. The first-order chi connectivity index (χ1) is 10.4. The second kappa shape index (κ2) is 6.51. The molecule has 1 atom stereocenters. The number of hydrogen-bond donors (Lipinski definition) is 2. The Bertz CT molecular complexity index is 606. The molecule has 0 aliphatic carbocycles. The normalized spacial score (nSPS) is 18.5. The number of imide groups is 1. The van der Waals surface area contributed by atoms with Crippen LogP contribution in [0.1, 0.15) is 25.5 Å². The van der Waals surface area contributed by atoms with Crippen molar-refractivity contribution < 1.29 is 14.3 Å². The summed E-state index contributed by atoms with van der Waals surface area (Å²) in [4.78, 5) is 25.7. The van der Waals surface area contributed by atoms with Crippen LogP contribution < -0.4 is 15.5 Å². The van der Waals surface area contributed by atoms with Crippen LogP contribution in [0.5, 0.6) is 0 Å². The van der Waals surface area contributed by atoms with E-state index < -0.39 is 18.0 Å². The molecule has 6 heteroatoms. The number of anilines is 1. The maximum Gasteiger partial charge on any atom is 0.322 e. The Labute approximate surface area is 130 Å². The lowest BCUT2D eigenvalue weighted by molar-refractivity contribution is -0.116. The highest BCUT2D eigenvalue weighted by atomic mass is 16.5. The molecular weight excluding hydrogens is 282 g/mol. The maximum absolute atomic E-state index is 11.9. The molecule has 6 nitrogen and oxygen atoms in total. The summed E-state index contributed by atoms with van der Waals surface area (Å²) < 4.78 is 5.63. The average molecular weight is 303 g/mol. The van der Waals surface area contributed by atoms with Crippen molar-refractivity contribution in [2.24, 2.45) is 0 Å². The summed E-state index contributed by atoms with van der Waals surface area (Å²) in [7, 11) is 3.92. The minimum atomic E-state index is -0.527. The van der Waals surface area contributed by atoms with Gasteiger partial charge in [0, 0.05) is 19.8 Å². The van der Waals surface area contributed by atoms with E-state index in [9.17, 15) is 9.59 Å². The summed E-state index contributed by atoms with van der Waals surface area (Å²) in [5.41, 5.74) is 2.32. The number of urea groups is 1. The minimum absolute atomic E-state index is 0.405. The Balaban J connectivity index is 2.43. The molecule has 0 spiro atoms. The van der Waals surface area contributed by atoms with Gasteiger partial charge in [-0.2, -0.15) is 0 Å². The van der Waals surface area contributed by atoms with Gasteiger partial charge in [-0.3, -0.25) is 10.1 Å². The van der Waals surface area contributed by atoms with Gasteiger partial charge in [0.2, 0.25) is 0 Å². The van der Waals surface area contributed by atoms with Crippen LogP contribution in [0, 0.1) is 0 Å². The van der Waals surface area contributed by atoms with E-state index in [0.29, 0.717) is 17.9 Å². The van der Waals surface area contributed by atoms with E-state index in [0.717, 1.165) is 11.3 Å². The van der Waals surface area contributed by atoms with Gasteiger partial charge < -0.3 is 15.0 Å². The fourth-order valence-corrected chi connectivity index (χ4v) is 2.30. The number of benzene rings is 1. The van der Waals surface area contributed by atoms with Gasteiger partial charge in [-0.1, -0.05) is 12.1 Å². The number of carbonyl (C=O) groups excluding carboxylic acids is 2. The van der Waals surface area contributed by atoms with Crippen LogP contribution in [0.2, 0.25) is 0 Å². The van der Waals surface area contributed by atoms with Crippen molar-refractivity contribution in [1.29, 1.82) is 0 Å². The van der Waals surface area contributed by atoms with Crippen LogP contribution in [0.25, 0.3) is 0 Å². The van der Waals surface area contributed by atoms with Crippen LogP contribution in [-0.2, 0) is 9.53 Å². The number of hydrogen-bond acceptors (Lipinski definition) is 4. The van der Waals surface area contributed by atoms with Crippen molar-refractivity contribution in [2.75, 3.05) is 25.6 Å². The number of ether oxygens (including phenoxy) is 1. The Hall–Kier alpha value is -2.50. The fourth-order valence-electron chi connectivity index (χ4n) is 2.30. The first-order valence-corrected chi connectivity index (χ1v) is 7.16. The Kier molecular flexibility index (Phi) is 4.70. The summed E-state index contributed by atoms with van der Waals surface area (Å²) in [6, 6.07) is 6.74. The second-order valence-corrected chi connectivity index (χ2v) is 5.27. The van der Waals surface area contributed by atoms with Crippen LogP contribution in [0.3, 0.4) is 0 Å². The lowest BCUT2D eigenvalue weighted by Crippen LogP contribution is -2.38. The van der Waals surface area contributed by atoms with E-state index >= 15 is 0 Å². The van der Waals surface area contributed by atoms with Gasteiger partial charge in [-0.15, -0.1) is 0 Å². The summed E-state index contributed by atoms with van der Waals surface area (Å²) in [6.07, 6.45) is 0. The van der Waals surface area contributed by atoms with E-state index in [4.69, 9.17) is 4.74 Å². The van der Waals surface area contributed by atoms with E-state index in [1.807, 2.05) is 50.2 Å². The highest BCUT2D eigenvalue weighted by molar-refractivity contribution is 6.05. The molecule has 3 amide bonds. The molecule has 0 fully saturated rings. The topological polar surface area (TPSA) is 70.7 Å². The third kappa shape index (κ3) is 3.21. The molecule has 1 aromatic rings. The molecule has 0 aromatic heterocycles. The first-order valence-electron chi connectivity index (χ1n) is 7.16. The molecule has 0 radical (unpaired) electrons. The molecule has 0 saturated carbocycles. The summed E-state index contributed by atoms with van der Waals surface area (Å²) in [6.45, 7) is 3.92. The van der Waals surface area contributed by atoms with Gasteiger partial charge in [-0.25, -0.2) is 4.79 Å². The lowest BCUT2D eigenvalue weighted by atomic mass is 10.0. The second-order valence-electron chi connectivity index (χ2n) is 5.27. The third-order valence-corrected chi connectivity index (χ3v) is 3.52. The van der Waals surface area contributed by atoms with Crippen LogP contribution in [0.4, 0.5) is 10.5 Å². The van der Waals surface area contributed by atoms with E-state index in [2.05, 4.69) is 10.6 Å². The number of nitrogens with zero attached hydrogens (tertiary/aromatic N) is 1.